The second kappa shape index (κ2) is 8.85. The van der Waals surface area contributed by atoms with Crippen molar-refractivity contribution in [3.05, 3.63) is 46.8 Å². The second-order valence-corrected chi connectivity index (χ2v) is 9.68. The summed E-state index contributed by atoms with van der Waals surface area (Å²) in [4.78, 5) is 24.7. The van der Waals surface area contributed by atoms with Crippen molar-refractivity contribution in [2.75, 3.05) is 25.5 Å². The van der Waals surface area contributed by atoms with Crippen molar-refractivity contribution in [2.45, 2.75) is 29.9 Å². The Kier molecular flexibility index (Phi) is 6.48. The third-order valence-electron chi connectivity index (χ3n) is 4.54. The van der Waals surface area contributed by atoms with Gasteiger partial charge in [0, 0.05) is 13.1 Å². The van der Waals surface area contributed by atoms with Gasteiger partial charge in [-0.25, -0.2) is 13.2 Å². The molecular formula is C19H22N2O5S2. The van der Waals surface area contributed by atoms with Gasteiger partial charge in [-0.15, -0.1) is 11.3 Å². The molecule has 0 spiro atoms. The zero-order valence-electron chi connectivity index (χ0n) is 15.5. The molecule has 150 valence electrons. The lowest BCUT2D eigenvalue weighted by atomic mass is 10.2. The molecular weight excluding hydrogens is 400 g/mol. The van der Waals surface area contributed by atoms with Crippen molar-refractivity contribution in [3.63, 3.8) is 0 Å². The molecule has 9 heteroatoms. The smallest absolute Gasteiger partial charge is 0.339 e. The van der Waals surface area contributed by atoms with E-state index >= 15 is 0 Å². The number of anilines is 1. The Morgan fingerprint density at radius 3 is 2.39 bits per heavy atom. The highest BCUT2D eigenvalue weighted by Gasteiger charge is 2.27. The first-order valence-corrected chi connectivity index (χ1v) is 11.3. The number of hydrogen-bond acceptors (Lipinski definition) is 6. The molecule has 1 amide bonds. The van der Waals surface area contributed by atoms with E-state index in [1.54, 1.807) is 24.3 Å². The quantitative estimate of drug-likeness (QED) is 0.746. The van der Waals surface area contributed by atoms with Gasteiger partial charge in [-0.3, -0.25) is 4.79 Å². The van der Waals surface area contributed by atoms with E-state index in [1.165, 1.54) is 23.5 Å². The molecule has 0 unspecified atom stereocenters. The molecule has 1 fully saturated rings. The summed E-state index contributed by atoms with van der Waals surface area (Å²) >= 11 is 0.930. The lowest BCUT2D eigenvalue weighted by Gasteiger charge is -2.18. The maximum absolute atomic E-state index is 12.9. The molecule has 1 aromatic carbocycles. The summed E-state index contributed by atoms with van der Waals surface area (Å²) in [6, 6.07) is 9.44. The number of thiophene rings is 1. The van der Waals surface area contributed by atoms with Crippen molar-refractivity contribution in [1.82, 2.24) is 4.31 Å². The van der Waals surface area contributed by atoms with Gasteiger partial charge in [0.15, 0.2) is 0 Å². The van der Waals surface area contributed by atoms with Crippen LogP contribution in [-0.4, -0.2) is 44.8 Å². The van der Waals surface area contributed by atoms with Crippen LogP contribution in [0.4, 0.5) is 5.69 Å². The lowest BCUT2D eigenvalue weighted by Crippen LogP contribution is -2.31. The molecule has 7 nitrogen and oxygen atoms in total. The van der Waals surface area contributed by atoms with Crippen LogP contribution in [0.15, 0.2) is 40.6 Å². The zero-order valence-corrected chi connectivity index (χ0v) is 17.1. The van der Waals surface area contributed by atoms with Crippen molar-refractivity contribution < 1.29 is 22.7 Å². The molecule has 0 radical (unpaired) electrons. The molecule has 3 rings (SSSR count). The van der Waals surface area contributed by atoms with E-state index in [2.05, 4.69) is 5.32 Å². The number of rotatable bonds is 5. The first-order chi connectivity index (χ1) is 13.4. The molecule has 2 heterocycles. The topological polar surface area (TPSA) is 92.8 Å². The molecule has 1 aliphatic heterocycles. The second-order valence-electron chi connectivity index (χ2n) is 6.43. The number of hydrogen-bond donors (Lipinski definition) is 1. The summed E-state index contributed by atoms with van der Waals surface area (Å²) in [6.07, 6.45) is 3.76. The van der Waals surface area contributed by atoms with Crippen molar-refractivity contribution in [1.29, 1.82) is 0 Å². The number of nitrogens with zero attached hydrogens (tertiary/aromatic N) is 1. The van der Waals surface area contributed by atoms with E-state index < -0.39 is 21.9 Å². The molecule has 1 N–H and O–H groups in total. The summed E-state index contributed by atoms with van der Waals surface area (Å²) in [5.41, 5.74) is 0.539. The summed E-state index contributed by atoms with van der Waals surface area (Å²) in [7, 11) is -2.33. The number of amides is 1. The van der Waals surface area contributed by atoms with Gasteiger partial charge >= 0.3 is 5.97 Å². The maximum atomic E-state index is 12.9. The minimum absolute atomic E-state index is 0.154. The van der Waals surface area contributed by atoms with E-state index in [9.17, 15) is 18.0 Å². The number of methoxy groups -OCH3 is 1. The van der Waals surface area contributed by atoms with Crippen LogP contribution in [0, 0.1) is 0 Å². The van der Waals surface area contributed by atoms with Crippen LogP contribution < -0.4 is 5.32 Å². The van der Waals surface area contributed by atoms with Crippen LogP contribution in [-0.2, 0) is 14.8 Å². The van der Waals surface area contributed by atoms with E-state index in [0.29, 0.717) is 18.8 Å². The van der Waals surface area contributed by atoms with Gasteiger partial charge in [0.2, 0.25) is 0 Å². The van der Waals surface area contributed by atoms with E-state index in [4.69, 9.17) is 4.74 Å². The molecule has 1 aliphatic rings. The number of benzene rings is 1. The van der Waals surface area contributed by atoms with Gasteiger partial charge in [0.1, 0.15) is 4.21 Å². The molecule has 1 saturated heterocycles. The number of para-hydroxylation sites is 1. The fourth-order valence-corrected chi connectivity index (χ4v) is 5.93. The summed E-state index contributed by atoms with van der Waals surface area (Å²) in [6.45, 7) is 1.02. The highest BCUT2D eigenvalue weighted by molar-refractivity contribution is 7.91. The van der Waals surface area contributed by atoms with E-state index in [-0.39, 0.29) is 14.6 Å². The molecule has 1 aromatic heterocycles. The van der Waals surface area contributed by atoms with Crippen molar-refractivity contribution >= 4 is 38.9 Å². The van der Waals surface area contributed by atoms with Gasteiger partial charge < -0.3 is 10.1 Å². The Morgan fingerprint density at radius 2 is 1.71 bits per heavy atom. The Balaban J connectivity index is 1.79. The number of sulfonamides is 1. The molecule has 2 aromatic rings. The van der Waals surface area contributed by atoms with Gasteiger partial charge in [0.05, 0.1) is 23.2 Å². The predicted octanol–water partition coefficient (Wildman–Crippen LogP) is 3.35. The van der Waals surface area contributed by atoms with Crippen LogP contribution >= 0.6 is 11.3 Å². The van der Waals surface area contributed by atoms with Crippen molar-refractivity contribution in [3.8, 4) is 0 Å². The van der Waals surface area contributed by atoms with E-state index in [0.717, 1.165) is 37.0 Å². The van der Waals surface area contributed by atoms with E-state index in [1.807, 2.05) is 0 Å². The highest BCUT2D eigenvalue weighted by Crippen LogP contribution is 2.28. The van der Waals surface area contributed by atoms with Gasteiger partial charge in [0.25, 0.3) is 15.9 Å². The predicted molar refractivity (Wildman–Crippen MR) is 107 cm³/mol. The number of carbonyl (C=O) groups excluding carboxylic acids is 2. The average molecular weight is 423 g/mol. The molecule has 28 heavy (non-hydrogen) atoms. The Hall–Kier alpha value is -2.23. The highest BCUT2D eigenvalue weighted by atomic mass is 32.2. The van der Waals surface area contributed by atoms with Gasteiger partial charge in [-0.1, -0.05) is 25.0 Å². The third kappa shape index (κ3) is 4.43. The number of nitrogens with one attached hydrogen (secondary N) is 1. The Morgan fingerprint density at radius 1 is 1.04 bits per heavy atom. The first-order valence-electron chi connectivity index (χ1n) is 9.02. The largest absolute Gasteiger partial charge is 0.465 e. The summed E-state index contributed by atoms with van der Waals surface area (Å²) in [5.74, 6) is -1.04. The normalized spacial score (nSPS) is 15.6. The number of esters is 1. The number of carbonyl (C=O) groups is 2. The Labute approximate surface area is 168 Å². The molecule has 0 saturated carbocycles. The minimum atomic E-state index is -3.60. The molecule has 0 aliphatic carbocycles. The van der Waals surface area contributed by atoms with Crippen molar-refractivity contribution in [2.24, 2.45) is 0 Å². The standard InChI is InChI=1S/C19H22N2O5S2/c1-26-19(23)14-8-4-5-9-15(14)20-18(22)16-10-11-17(27-16)28(24,25)21-12-6-2-3-7-13-21/h4-5,8-11H,2-3,6-7,12-13H2,1H3,(H,20,22). The average Bonchev–Trinajstić information content (AvgIpc) is 3.04. The summed E-state index contributed by atoms with van der Waals surface area (Å²) < 4.78 is 32.1. The lowest BCUT2D eigenvalue weighted by molar-refractivity contribution is 0.0602. The van der Waals surface area contributed by atoms with Crippen LogP contribution in [0.3, 0.4) is 0 Å². The zero-order chi connectivity index (χ0) is 20.1. The minimum Gasteiger partial charge on any atom is -0.465 e. The Bertz CT molecular complexity index is 960. The van der Waals surface area contributed by atoms with Crippen LogP contribution in [0.2, 0.25) is 0 Å². The summed E-state index contributed by atoms with van der Waals surface area (Å²) in [5, 5.41) is 2.66. The van der Waals surface area contributed by atoms with Crippen LogP contribution in [0.25, 0.3) is 0 Å². The SMILES string of the molecule is COC(=O)c1ccccc1NC(=O)c1ccc(S(=O)(=O)N2CCCCCC2)s1. The van der Waals surface area contributed by atoms with Crippen LogP contribution in [0.1, 0.15) is 45.7 Å². The fraction of sp³-hybridized carbons (Fsp3) is 0.368. The first kappa shape index (κ1) is 20.5. The fourth-order valence-electron chi connectivity index (χ4n) is 3.05. The van der Waals surface area contributed by atoms with Crippen LogP contribution in [0.5, 0.6) is 0 Å². The number of ether oxygens (including phenoxy) is 1. The van der Waals surface area contributed by atoms with Gasteiger partial charge in [-0.05, 0) is 37.1 Å². The monoisotopic (exact) mass is 422 g/mol. The third-order valence-corrected chi connectivity index (χ3v) is 7.99. The maximum Gasteiger partial charge on any atom is 0.339 e. The molecule has 0 bridgehead atoms. The van der Waals surface area contributed by atoms with Gasteiger partial charge in [-0.2, -0.15) is 4.31 Å². The molecule has 0 atom stereocenters.